The van der Waals surface area contributed by atoms with Crippen molar-refractivity contribution < 1.29 is 29.1 Å². The van der Waals surface area contributed by atoms with E-state index in [2.05, 4.69) is 10.6 Å². The average Bonchev–Trinajstić information content (AvgIpc) is 3.08. The van der Waals surface area contributed by atoms with Gasteiger partial charge in [0.15, 0.2) is 0 Å². The van der Waals surface area contributed by atoms with Crippen LogP contribution in [0.2, 0.25) is 0 Å². The van der Waals surface area contributed by atoms with Gasteiger partial charge in [-0.15, -0.1) is 0 Å². The molecule has 0 aromatic heterocycles. The lowest BCUT2D eigenvalue weighted by Crippen LogP contribution is -2.55. The molecular weight excluding hydrogens is 358 g/mol. The third kappa shape index (κ3) is 6.51. The van der Waals surface area contributed by atoms with Gasteiger partial charge in [-0.3, -0.25) is 19.2 Å². The van der Waals surface area contributed by atoms with Gasteiger partial charge in [0.1, 0.15) is 18.1 Å². The van der Waals surface area contributed by atoms with Crippen molar-refractivity contribution in [2.75, 3.05) is 6.54 Å². The van der Waals surface area contributed by atoms with Gasteiger partial charge in [0.2, 0.25) is 23.6 Å². The van der Waals surface area contributed by atoms with Crippen LogP contribution in [-0.4, -0.2) is 70.3 Å². The number of hydrogen-bond donors (Lipinski definition) is 5. The summed E-state index contributed by atoms with van der Waals surface area (Å²) < 4.78 is 0. The number of nitrogens with one attached hydrogen (secondary N) is 2. The summed E-state index contributed by atoms with van der Waals surface area (Å²) in [6, 6.07) is -3.80. The lowest BCUT2D eigenvalue weighted by molar-refractivity contribution is -0.149. The number of aliphatic carboxylic acids is 1. The van der Waals surface area contributed by atoms with Crippen molar-refractivity contribution in [3.63, 3.8) is 0 Å². The topological polar surface area (TPSA) is 185 Å². The van der Waals surface area contributed by atoms with Crippen LogP contribution in [0.25, 0.3) is 0 Å². The maximum absolute atomic E-state index is 12.4. The smallest absolute Gasteiger partial charge is 0.326 e. The summed E-state index contributed by atoms with van der Waals surface area (Å²) in [5.41, 5.74) is 10.6. The van der Waals surface area contributed by atoms with Crippen molar-refractivity contribution in [2.24, 2.45) is 11.5 Å². The average molecular weight is 385 g/mol. The number of rotatable bonds is 9. The Morgan fingerprint density at radius 1 is 1.11 bits per heavy atom. The fraction of sp³-hybridized carbons (Fsp3) is 0.688. The number of nitrogens with two attached hydrogens (primary N) is 2. The number of nitrogens with zero attached hydrogens (tertiary/aromatic N) is 1. The number of primary amides is 1. The predicted octanol–water partition coefficient (Wildman–Crippen LogP) is -2.34. The van der Waals surface area contributed by atoms with Crippen LogP contribution < -0.4 is 22.1 Å². The van der Waals surface area contributed by atoms with Gasteiger partial charge in [-0.25, -0.2) is 4.79 Å². The molecule has 1 aliphatic rings. The molecule has 0 bridgehead atoms. The monoisotopic (exact) mass is 385 g/mol. The van der Waals surface area contributed by atoms with Crippen molar-refractivity contribution in [3.05, 3.63) is 0 Å². The fourth-order valence-electron chi connectivity index (χ4n) is 2.75. The largest absolute Gasteiger partial charge is 0.480 e. The number of carbonyl (C=O) groups excluding carboxylic acids is 4. The number of carbonyl (C=O) groups is 5. The molecule has 0 spiro atoms. The van der Waals surface area contributed by atoms with Crippen LogP contribution >= 0.6 is 0 Å². The summed E-state index contributed by atoms with van der Waals surface area (Å²) in [5, 5.41) is 14.0. The van der Waals surface area contributed by atoms with Gasteiger partial charge in [0.05, 0.1) is 6.04 Å². The molecule has 0 radical (unpaired) electrons. The molecular formula is C16H27N5O6. The molecule has 11 nitrogen and oxygen atoms in total. The molecule has 4 amide bonds. The molecule has 1 rings (SSSR count). The number of amides is 4. The highest BCUT2D eigenvalue weighted by Crippen LogP contribution is 2.18. The molecule has 152 valence electrons. The molecule has 4 atom stereocenters. The Kier molecular flexibility index (Phi) is 8.16. The van der Waals surface area contributed by atoms with E-state index in [9.17, 15) is 24.0 Å². The van der Waals surface area contributed by atoms with Gasteiger partial charge in [-0.2, -0.15) is 0 Å². The van der Waals surface area contributed by atoms with Crippen LogP contribution in [-0.2, 0) is 24.0 Å². The van der Waals surface area contributed by atoms with E-state index < -0.39 is 53.8 Å². The summed E-state index contributed by atoms with van der Waals surface area (Å²) in [5.74, 6) is -3.39. The van der Waals surface area contributed by atoms with Gasteiger partial charge in [-0.1, -0.05) is 0 Å². The molecule has 1 aliphatic heterocycles. The molecule has 4 unspecified atom stereocenters. The van der Waals surface area contributed by atoms with Crippen LogP contribution in [0.15, 0.2) is 0 Å². The minimum atomic E-state index is -1.08. The van der Waals surface area contributed by atoms with Crippen LogP contribution in [0.1, 0.15) is 39.5 Å². The SMILES string of the molecule is CC(NC(=O)C(N)CCC(N)=O)C(=O)NC(C)C(=O)N1CCCC1C(=O)O. The van der Waals surface area contributed by atoms with Crippen molar-refractivity contribution in [2.45, 2.75) is 63.7 Å². The maximum Gasteiger partial charge on any atom is 0.326 e. The standard InChI is InChI=1S/C16H27N5O6/c1-8(19-14(24)10(17)5-6-12(18)22)13(23)20-9(2)15(25)21-7-3-4-11(21)16(26)27/h8-11H,3-7,17H2,1-2H3,(H2,18,22)(H,19,24)(H,20,23)(H,26,27). The second-order valence-electron chi connectivity index (χ2n) is 6.60. The summed E-state index contributed by atoms with van der Waals surface area (Å²) >= 11 is 0. The van der Waals surface area contributed by atoms with E-state index in [1.807, 2.05) is 0 Å². The molecule has 0 aliphatic carbocycles. The minimum absolute atomic E-state index is 0.0515. The van der Waals surface area contributed by atoms with E-state index in [0.717, 1.165) is 0 Å². The highest BCUT2D eigenvalue weighted by atomic mass is 16.4. The van der Waals surface area contributed by atoms with Crippen LogP contribution in [0.5, 0.6) is 0 Å². The first-order valence-corrected chi connectivity index (χ1v) is 8.72. The molecule has 0 aromatic carbocycles. The Bertz CT molecular complexity index is 610. The number of hydrogen-bond acceptors (Lipinski definition) is 6. The lowest BCUT2D eigenvalue weighted by atomic mass is 10.1. The molecule has 11 heteroatoms. The van der Waals surface area contributed by atoms with Crippen molar-refractivity contribution in [1.82, 2.24) is 15.5 Å². The quantitative estimate of drug-likeness (QED) is 0.294. The zero-order chi connectivity index (χ0) is 20.7. The molecule has 7 N–H and O–H groups in total. The second-order valence-corrected chi connectivity index (χ2v) is 6.60. The zero-order valence-corrected chi connectivity index (χ0v) is 15.4. The van der Waals surface area contributed by atoms with E-state index in [1.54, 1.807) is 0 Å². The van der Waals surface area contributed by atoms with E-state index in [-0.39, 0.29) is 12.8 Å². The minimum Gasteiger partial charge on any atom is -0.480 e. The number of carboxylic acids is 1. The zero-order valence-electron chi connectivity index (χ0n) is 15.4. The Morgan fingerprint density at radius 2 is 1.70 bits per heavy atom. The molecule has 1 heterocycles. The number of carboxylic acid groups (broad SMARTS) is 1. The normalized spacial score (nSPS) is 19.7. The Hall–Kier alpha value is -2.69. The van der Waals surface area contributed by atoms with Crippen LogP contribution in [0.4, 0.5) is 0 Å². The highest BCUT2D eigenvalue weighted by Gasteiger charge is 2.36. The summed E-state index contributed by atoms with van der Waals surface area (Å²) in [7, 11) is 0. The second kappa shape index (κ2) is 9.86. The Morgan fingerprint density at radius 3 is 2.26 bits per heavy atom. The van der Waals surface area contributed by atoms with Gasteiger partial charge in [0.25, 0.3) is 0 Å². The van der Waals surface area contributed by atoms with Gasteiger partial charge < -0.3 is 32.1 Å². The molecule has 1 fully saturated rings. The summed E-state index contributed by atoms with van der Waals surface area (Å²) in [6.45, 7) is 3.18. The molecule has 0 saturated carbocycles. The first kappa shape index (κ1) is 22.4. The van der Waals surface area contributed by atoms with Gasteiger partial charge in [-0.05, 0) is 33.1 Å². The first-order chi connectivity index (χ1) is 12.5. The van der Waals surface area contributed by atoms with Crippen molar-refractivity contribution in [3.8, 4) is 0 Å². The van der Waals surface area contributed by atoms with Crippen LogP contribution in [0, 0.1) is 0 Å². The van der Waals surface area contributed by atoms with Gasteiger partial charge in [0, 0.05) is 13.0 Å². The van der Waals surface area contributed by atoms with Crippen molar-refractivity contribution >= 4 is 29.6 Å². The van der Waals surface area contributed by atoms with E-state index in [4.69, 9.17) is 16.6 Å². The Labute approximate surface area is 156 Å². The first-order valence-electron chi connectivity index (χ1n) is 8.72. The number of likely N-dealkylation sites (tertiary alicyclic amines) is 1. The van der Waals surface area contributed by atoms with E-state index in [1.165, 1.54) is 18.7 Å². The lowest BCUT2D eigenvalue weighted by Gasteiger charge is -2.26. The third-order valence-corrected chi connectivity index (χ3v) is 4.34. The van der Waals surface area contributed by atoms with E-state index >= 15 is 0 Å². The predicted molar refractivity (Wildman–Crippen MR) is 94.0 cm³/mol. The molecule has 27 heavy (non-hydrogen) atoms. The van der Waals surface area contributed by atoms with Crippen LogP contribution in [0.3, 0.4) is 0 Å². The summed E-state index contributed by atoms with van der Waals surface area (Å²) in [4.78, 5) is 59.6. The molecule has 0 aromatic rings. The Balaban J connectivity index is 2.53. The van der Waals surface area contributed by atoms with Gasteiger partial charge >= 0.3 is 5.97 Å². The third-order valence-electron chi connectivity index (χ3n) is 4.34. The fourth-order valence-corrected chi connectivity index (χ4v) is 2.75. The molecule has 1 saturated heterocycles. The van der Waals surface area contributed by atoms with E-state index in [0.29, 0.717) is 19.4 Å². The highest BCUT2D eigenvalue weighted by molar-refractivity contribution is 5.94. The van der Waals surface area contributed by atoms with Crippen molar-refractivity contribution in [1.29, 1.82) is 0 Å². The maximum atomic E-state index is 12.4. The summed E-state index contributed by atoms with van der Waals surface area (Å²) in [6.07, 6.45) is 0.952.